The van der Waals surface area contributed by atoms with Crippen LogP contribution in [0.5, 0.6) is 5.75 Å². The van der Waals surface area contributed by atoms with E-state index in [1.807, 2.05) is 50.2 Å². The third kappa shape index (κ3) is 4.87. The third-order valence-electron chi connectivity index (χ3n) is 7.45. The first kappa shape index (κ1) is 28.7. The fraction of sp³-hybridized carbons (Fsp3) is 0.281. The Bertz CT molecular complexity index is 1690. The van der Waals surface area contributed by atoms with E-state index in [1.54, 1.807) is 44.3 Å². The molecule has 0 saturated carbocycles. The molecule has 0 N–H and O–H groups in total. The van der Waals surface area contributed by atoms with E-state index in [-0.39, 0.29) is 17.9 Å². The second kappa shape index (κ2) is 10.9. The van der Waals surface area contributed by atoms with E-state index in [9.17, 15) is 9.59 Å². The highest BCUT2D eigenvalue weighted by molar-refractivity contribution is 6.31. The van der Waals surface area contributed by atoms with Crippen LogP contribution in [0, 0.1) is 13.8 Å². The number of imidazole rings is 1. The molecule has 0 spiro atoms. The van der Waals surface area contributed by atoms with Gasteiger partial charge in [0.2, 0.25) is 0 Å². The lowest BCUT2D eigenvalue weighted by Gasteiger charge is -2.30. The molecule has 0 fully saturated rings. The maximum atomic E-state index is 14.4. The molecule has 3 aromatic carbocycles. The van der Waals surface area contributed by atoms with Crippen LogP contribution >= 0.6 is 23.2 Å². The monoisotopic (exact) mass is 590 g/mol. The molecule has 5 rings (SSSR count). The summed E-state index contributed by atoms with van der Waals surface area (Å²) in [5.74, 6) is 0.741. The van der Waals surface area contributed by atoms with Crippen molar-refractivity contribution in [3.05, 3.63) is 98.3 Å². The largest absolute Gasteiger partial charge is 0.496 e. The number of aryl methyl sites for hydroxylation is 2. The van der Waals surface area contributed by atoms with E-state index in [1.165, 1.54) is 4.90 Å². The summed E-state index contributed by atoms with van der Waals surface area (Å²) < 4.78 is 7.79. The summed E-state index contributed by atoms with van der Waals surface area (Å²) in [6.45, 7) is 8.05. The summed E-state index contributed by atoms with van der Waals surface area (Å²) in [6.07, 6.45) is 0. The van der Waals surface area contributed by atoms with Gasteiger partial charge in [-0.15, -0.1) is 0 Å². The zero-order valence-electron chi connectivity index (χ0n) is 24.1. The number of carbonyl (C=O) groups is 2. The molecular formula is C32H32Cl2N4O3. The Kier molecular flexibility index (Phi) is 7.62. The molecular weight excluding hydrogens is 559 g/mol. The van der Waals surface area contributed by atoms with Crippen molar-refractivity contribution in [3.63, 3.8) is 0 Å². The van der Waals surface area contributed by atoms with Crippen molar-refractivity contribution in [2.75, 3.05) is 26.1 Å². The molecule has 4 aromatic rings. The molecule has 41 heavy (non-hydrogen) atoms. The molecule has 2 heterocycles. The molecule has 2 amide bonds. The number of anilines is 1. The number of ether oxygens (including phenoxy) is 1. The molecule has 1 atom stereocenters. The fourth-order valence-electron chi connectivity index (χ4n) is 5.53. The summed E-state index contributed by atoms with van der Waals surface area (Å²) in [7, 11) is 5.00. The number of amides is 2. The van der Waals surface area contributed by atoms with Gasteiger partial charge in [-0.2, -0.15) is 0 Å². The number of carbonyl (C=O) groups excluding carboxylic acids is 2. The van der Waals surface area contributed by atoms with Crippen LogP contribution in [0.3, 0.4) is 0 Å². The van der Waals surface area contributed by atoms with E-state index in [0.29, 0.717) is 44.1 Å². The molecule has 9 heteroatoms. The van der Waals surface area contributed by atoms with Crippen molar-refractivity contribution < 1.29 is 14.3 Å². The molecule has 0 saturated heterocycles. The lowest BCUT2D eigenvalue weighted by Crippen LogP contribution is -2.31. The summed E-state index contributed by atoms with van der Waals surface area (Å²) >= 11 is 12.8. The highest BCUT2D eigenvalue weighted by Gasteiger charge is 2.45. The van der Waals surface area contributed by atoms with E-state index >= 15 is 0 Å². The number of halogens is 2. The molecule has 7 nitrogen and oxygen atoms in total. The van der Waals surface area contributed by atoms with Gasteiger partial charge >= 0.3 is 0 Å². The SMILES string of the molecule is COc1ccc(C(=O)N(C)C)cc1-c1nc2c(n1C(C)C)C(c1ccc(Cl)cc1C)N(c1cc(Cl)ccc1C)C2=O. The smallest absolute Gasteiger partial charge is 0.279 e. The number of rotatable bonds is 6. The second-order valence-electron chi connectivity index (χ2n) is 10.8. The average molecular weight is 592 g/mol. The Labute approximate surface area is 250 Å². The molecule has 0 aliphatic carbocycles. The second-order valence-corrected chi connectivity index (χ2v) is 11.6. The van der Waals surface area contributed by atoms with Crippen molar-refractivity contribution >= 4 is 40.7 Å². The standard InChI is InChI=1S/C32H32Cl2N4O3/c1-17(2)37-29-27(35-30(37)24-15-20(31(39)36(5)6)9-13-26(24)41-7)32(40)38(25-16-22(34)10-8-18(25)3)28(29)23-12-11-21(33)14-19(23)4/h8-17,28H,1-7H3. The first-order valence-corrected chi connectivity index (χ1v) is 14.1. The first-order chi connectivity index (χ1) is 19.4. The Balaban J connectivity index is 1.82. The number of benzene rings is 3. The number of fused-ring (bicyclic) bond motifs is 1. The summed E-state index contributed by atoms with van der Waals surface area (Å²) in [4.78, 5) is 35.5. The minimum atomic E-state index is -0.492. The van der Waals surface area contributed by atoms with Crippen LogP contribution in [-0.4, -0.2) is 47.5 Å². The van der Waals surface area contributed by atoms with Crippen molar-refractivity contribution in [1.29, 1.82) is 0 Å². The zero-order valence-corrected chi connectivity index (χ0v) is 25.6. The Morgan fingerprint density at radius 2 is 1.66 bits per heavy atom. The van der Waals surface area contributed by atoms with Crippen LogP contribution in [0.4, 0.5) is 5.69 Å². The third-order valence-corrected chi connectivity index (χ3v) is 7.92. The summed E-state index contributed by atoms with van der Waals surface area (Å²) in [5, 5.41) is 1.15. The van der Waals surface area contributed by atoms with E-state index in [0.717, 1.165) is 22.4 Å². The Morgan fingerprint density at radius 3 is 2.29 bits per heavy atom. The van der Waals surface area contributed by atoms with Crippen molar-refractivity contribution in [2.24, 2.45) is 0 Å². The lowest BCUT2D eigenvalue weighted by molar-refractivity contribution is 0.0827. The molecule has 212 valence electrons. The van der Waals surface area contributed by atoms with Gasteiger partial charge < -0.3 is 14.2 Å². The van der Waals surface area contributed by atoms with Crippen LogP contribution in [-0.2, 0) is 0 Å². The van der Waals surface area contributed by atoms with E-state index in [4.69, 9.17) is 32.9 Å². The topological polar surface area (TPSA) is 67.7 Å². The van der Waals surface area contributed by atoms with Crippen LogP contribution in [0.2, 0.25) is 10.0 Å². The molecule has 1 unspecified atom stereocenters. The van der Waals surface area contributed by atoms with Gasteiger partial charge in [0.05, 0.1) is 18.4 Å². The van der Waals surface area contributed by atoms with Crippen LogP contribution in [0.1, 0.15) is 69.2 Å². The van der Waals surface area contributed by atoms with Crippen molar-refractivity contribution in [3.8, 4) is 17.1 Å². The van der Waals surface area contributed by atoms with Gasteiger partial charge in [0.1, 0.15) is 17.6 Å². The Morgan fingerprint density at radius 1 is 0.976 bits per heavy atom. The zero-order chi connectivity index (χ0) is 29.7. The maximum Gasteiger partial charge on any atom is 0.279 e. The van der Waals surface area contributed by atoms with Gasteiger partial charge in [0.25, 0.3) is 11.8 Å². The predicted octanol–water partition coefficient (Wildman–Crippen LogP) is 7.51. The van der Waals surface area contributed by atoms with E-state index < -0.39 is 6.04 Å². The quantitative estimate of drug-likeness (QED) is 0.233. The van der Waals surface area contributed by atoms with Gasteiger partial charge in [0.15, 0.2) is 5.69 Å². The maximum absolute atomic E-state index is 14.4. The van der Waals surface area contributed by atoms with Gasteiger partial charge in [-0.05, 0) is 86.8 Å². The number of hydrogen-bond acceptors (Lipinski definition) is 4. The first-order valence-electron chi connectivity index (χ1n) is 13.3. The van der Waals surface area contributed by atoms with Gasteiger partial charge in [-0.25, -0.2) is 4.98 Å². The predicted molar refractivity (Wildman–Crippen MR) is 164 cm³/mol. The van der Waals surface area contributed by atoms with Crippen LogP contribution in [0.15, 0.2) is 54.6 Å². The minimum absolute atomic E-state index is 0.0810. The van der Waals surface area contributed by atoms with Crippen molar-refractivity contribution in [1.82, 2.24) is 14.5 Å². The number of hydrogen-bond donors (Lipinski definition) is 0. The molecule has 0 radical (unpaired) electrons. The van der Waals surface area contributed by atoms with Crippen LogP contribution < -0.4 is 9.64 Å². The summed E-state index contributed by atoms with van der Waals surface area (Å²) in [5.41, 5.74) is 5.74. The van der Waals surface area contributed by atoms with E-state index in [2.05, 4.69) is 18.4 Å². The summed E-state index contributed by atoms with van der Waals surface area (Å²) in [6, 6.07) is 16.0. The highest BCUT2D eigenvalue weighted by atomic mass is 35.5. The number of nitrogens with zero attached hydrogens (tertiary/aromatic N) is 4. The highest BCUT2D eigenvalue weighted by Crippen LogP contribution is 2.47. The molecule has 1 aliphatic rings. The normalized spacial score (nSPS) is 14.5. The lowest BCUT2D eigenvalue weighted by atomic mass is 9.97. The van der Waals surface area contributed by atoms with Gasteiger partial charge in [-0.3, -0.25) is 14.5 Å². The fourth-order valence-corrected chi connectivity index (χ4v) is 5.92. The molecule has 0 bridgehead atoms. The average Bonchev–Trinajstić information content (AvgIpc) is 3.44. The van der Waals surface area contributed by atoms with Gasteiger partial charge in [-0.1, -0.05) is 35.3 Å². The number of aromatic nitrogens is 2. The minimum Gasteiger partial charge on any atom is -0.496 e. The number of methoxy groups -OCH3 is 1. The molecule has 1 aromatic heterocycles. The Hall–Kier alpha value is -3.81. The molecule has 1 aliphatic heterocycles. The van der Waals surface area contributed by atoms with Crippen LogP contribution in [0.25, 0.3) is 11.4 Å². The van der Waals surface area contributed by atoms with Gasteiger partial charge in [0, 0.05) is 41.4 Å². The van der Waals surface area contributed by atoms with Crippen molar-refractivity contribution in [2.45, 2.75) is 39.8 Å².